The molecule has 2 saturated carbocycles. The predicted octanol–water partition coefficient (Wildman–Crippen LogP) is 3.64. The Labute approximate surface area is 86.6 Å². The summed E-state index contributed by atoms with van der Waals surface area (Å²) in [4.78, 5) is 11.8. The van der Waals surface area contributed by atoms with E-state index in [2.05, 4.69) is 13.8 Å². The van der Waals surface area contributed by atoms with E-state index < -0.39 is 0 Å². The predicted molar refractivity (Wildman–Crippen MR) is 58.1 cm³/mol. The molecule has 1 spiro atoms. The molecular weight excluding hydrogens is 172 g/mol. The molecule has 0 saturated heterocycles. The summed E-state index contributed by atoms with van der Waals surface area (Å²) in [7, 11) is 0. The molecule has 0 heterocycles. The minimum Gasteiger partial charge on any atom is -0.295 e. The molecule has 78 valence electrons. The first-order valence-corrected chi connectivity index (χ1v) is 5.83. The topological polar surface area (TPSA) is 17.1 Å². The monoisotopic (exact) mass is 192 g/mol. The third kappa shape index (κ3) is 1.65. The van der Waals surface area contributed by atoms with Crippen molar-refractivity contribution in [3.8, 4) is 0 Å². The number of hydrogen-bond donors (Lipinski definition) is 0. The van der Waals surface area contributed by atoms with Crippen molar-refractivity contribution in [1.29, 1.82) is 0 Å². The van der Waals surface area contributed by atoms with Gasteiger partial charge in [-0.05, 0) is 44.1 Å². The molecule has 0 N–H and O–H groups in total. The highest BCUT2D eigenvalue weighted by atomic mass is 16.1. The molecule has 0 aliphatic heterocycles. The zero-order valence-corrected chi connectivity index (χ0v) is 9.36. The summed E-state index contributed by atoms with van der Waals surface area (Å²) >= 11 is 0. The molecule has 0 aromatic rings. The van der Waals surface area contributed by atoms with E-state index in [0.717, 1.165) is 18.4 Å². The highest BCUT2D eigenvalue weighted by molar-refractivity contribution is 5.99. The number of carbonyl (C=O) groups is 1. The molecule has 2 aliphatic rings. The molecular formula is C13H20O. The van der Waals surface area contributed by atoms with Crippen LogP contribution in [-0.4, -0.2) is 5.78 Å². The fourth-order valence-electron chi connectivity index (χ4n) is 3.09. The Balaban J connectivity index is 2.19. The summed E-state index contributed by atoms with van der Waals surface area (Å²) in [5.74, 6) is 0.437. The summed E-state index contributed by atoms with van der Waals surface area (Å²) in [5.41, 5.74) is 2.78. The molecule has 0 bridgehead atoms. The van der Waals surface area contributed by atoms with E-state index >= 15 is 0 Å². The molecule has 0 radical (unpaired) electrons. The second-order valence-electron chi connectivity index (χ2n) is 5.32. The van der Waals surface area contributed by atoms with E-state index in [9.17, 15) is 4.79 Å². The standard InChI is InChI=1S/C13H20O/c1-10(2)11-8-13(9-12(11)14)6-4-3-5-7-13/h3-9H2,1-2H3. The SMILES string of the molecule is CC(C)=C1CC2(CCCCC2)CC1=O. The smallest absolute Gasteiger partial charge is 0.159 e. The van der Waals surface area contributed by atoms with Gasteiger partial charge in [0, 0.05) is 6.42 Å². The first-order chi connectivity index (χ1) is 6.63. The minimum absolute atomic E-state index is 0.391. The Kier molecular flexibility index (Phi) is 2.50. The fraction of sp³-hybridized carbons (Fsp3) is 0.769. The summed E-state index contributed by atoms with van der Waals surface area (Å²) in [6, 6.07) is 0. The van der Waals surface area contributed by atoms with Crippen LogP contribution in [0.5, 0.6) is 0 Å². The van der Waals surface area contributed by atoms with E-state index in [4.69, 9.17) is 0 Å². The summed E-state index contributed by atoms with van der Waals surface area (Å²) < 4.78 is 0. The Morgan fingerprint density at radius 2 is 1.71 bits per heavy atom. The van der Waals surface area contributed by atoms with Crippen molar-refractivity contribution in [3.63, 3.8) is 0 Å². The lowest BCUT2D eigenvalue weighted by molar-refractivity contribution is -0.115. The minimum atomic E-state index is 0.391. The number of rotatable bonds is 0. The van der Waals surface area contributed by atoms with Crippen LogP contribution in [0.3, 0.4) is 0 Å². The molecule has 0 amide bonds. The number of carbonyl (C=O) groups excluding carboxylic acids is 1. The largest absolute Gasteiger partial charge is 0.295 e. The summed E-state index contributed by atoms with van der Waals surface area (Å²) in [6.45, 7) is 4.16. The van der Waals surface area contributed by atoms with Crippen molar-refractivity contribution < 1.29 is 4.79 Å². The maximum atomic E-state index is 11.8. The van der Waals surface area contributed by atoms with Gasteiger partial charge < -0.3 is 0 Å². The van der Waals surface area contributed by atoms with Gasteiger partial charge in [0.15, 0.2) is 5.78 Å². The van der Waals surface area contributed by atoms with Crippen LogP contribution in [0.15, 0.2) is 11.1 Å². The van der Waals surface area contributed by atoms with Crippen molar-refractivity contribution in [2.45, 2.75) is 58.8 Å². The van der Waals surface area contributed by atoms with Crippen LogP contribution in [0.4, 0.5) is 0 Å². The molecule has 1 nitrogen and oxygen atoms in total. The first kappa shape index (κ1) is 9.95. The van der Waals surface area contributed by atoms with Gasteiger partial charge in [-0.1, -0.05) is 24.8 Å². The van der Waals surface area contributed by atoms with E-state index in [0.29, 0.717) is 11.2 Å². The van der Waals surface area contributed by atoms with Crippen LogP contribution in [-0.2, 0) is 4.79 Å². The van der Waals surface area contributed by atoms with E-state index in [1.54, 1.807) is 0 Å². The first-order valence-electron chi connectivity index (χ1n) is 5.83. The summed E-state index contributed by atoms with van der Waals surface area (Å²) in [6.07, 6.45) is 8.54. The van der Waals surface area contributed by atoms with Gasteiger partial charge in [0.2, 0.25) is 0 Å². The third-order valence-electron chi connectivity index (χ3n) is 3.94. The second kappa shape index (κ2) is 3.52. The number of Topliss-reactive ketones (excluding diaryl/α,β-unsaturated/α-hetero) is 1. The maximum Gasteiger partial charge on any atom is 0.159 e. The molecule has 0 unspecified atom stereocenters. The Hall–Kier alpha value is -0.590. The molecule has 0 atom stereocenters. The van der Waals surface area contributed by atoms with Gasteiger partial charge in [0.05, 0.1) is 0 Å². The van der Waals surface area contributed by atoms with Gasteiger partial charge in [-0.15, -0.1) is 0 Å². The van der Waals surface area contributed by atoms with Gasteiger partial charge in [-0.2, -0.15) is 0 Å². The van der Waals surface area contributed by atoms with Crippen LogP contribution >= 0.6 is 0 Å². The lowest BCUT2D eigenvalue weighted by Gasteiger charge is -2.32. The van der Waals surface area contributed by atoms with Crippen molar-refractivity contribution in [2.24, 2.45) is 5.41 Å². The lowest BCUT2D eigenvalue weighted by atomic mass is 9.73. The van der Waals surface area contributed by atoms with Crippen LogP contribution < -0.4 is 0 Å². The van der Waals surface area contributed by atoms with Crippen molar-refractivity contribution >= 4 is 5.78 Å². The van der Waals surface area contributed by atoms with Crippen molar-refractivity contribution in [3.05, 3.63) is 11.1 Å². The third-order valence-corrected chi connectivity index (χ3v) is 3.94. The highest BCUT2D eigenvalue weighted by Gasteiger charge is 2.41. The van der Waals surface area contributed by atoms with E-state index in [1.807, 2.05) is 0 Å². The summed E-state index contributed by atoms with van der Waals surface area (Å²) in [5, 5.41) is 0. The lowest BCUT2D eigenvalue weighted by Crippen LogP contribution is -2.20. The molecule has 14 heavy (non-hydrogen) atoms. The normalized spacial score (nSPS) is 25.9. The molecule has 0 aromatic heterocycles. The van der Waals surface area contributed by atoms with E-state index in [1.165, 1.54) is 37.7 Å². The quantitative estimate of drug-likeness (QED) is 0.535. The van der Waals surface area contributed by atoms with Crippen molar-refractivity contribution in [2.75, 3.05) is 0 Å². The number of allylic oxidation sites excluding steroid dienone is 2. The van der Waals surface area contributed by atoms with Gasteiger partial charge in [-0.25, -0.2) is 0 Å². The van der Waals surface area contributed by atoms with Gasteiger partial charge in [0.25, 0.3) is 0 Å². The highest BCUT2D eigenvalue weighted by Crippen LogP contribution is 2.50. The van der Waals surface area contributed by atoms with E-state index in [-0.39, 0.29) is 0 Å². The zero-order chi connectivity index (χ0) is 10.2. The molecule has 1 heteroatoms. The number of ketones is 1. The Morgan fingerprint density at radius 1 is 1.07 bits per heavy atom. The molecule has 2 aliphatic carbocycles. The Morgan fingerprint density at radius 3 is 2.21 bits per heavy atom. The van der Waals surface area contributed by atoms with Gasteiger partial charge in [-0.3, -0.25) is 4.79 Å². The number of hydrogen-bond acceptors (Lipinski definition) is 1. The van der Waals surface area contributed by atoms with Gasteiger partial charge in [0.1, 0.15) is 0 Å². The second-order valence-corrected chi connectivity index (χ2v) is 5.32. The molecule has 2 rings (SSSR count). The average molecular weight is 192 g/mol. The van der Waals surface area contributed by atoms with Crippen molar-refractivity contribution in [1.82, 2.24) is 0 Å². The zero-order valence-electron chi connectivity index (χ0n) is 9.36. The Bertz CT molecular complexity index is 276. The van der Waals surface area contributed by atoms with Crippen LogP contribution in [0.2, 0.25) is 0 Å². The molecule has 0 aromatic carbocycles. The van der Waals surface area contributed by atoms with Crippen LogP contribution in [0, 0.1) is 5.41 Å². The van der Waals surface area contributed by atoms with Crippen LogP contribution in [0.25, 0.3) is 0 Å². The molecule has 2 fully saturated rings. The van der Waals surface area contributed by atoms with Crippen LogP contribution in [0.1, 0.15) is 58.8 Å². The average Bonchev–Trinajstić information content (AvgIpc) is 2.44. The maximum absolute atomic E-state index is 11.8. The van der Waals surface area contributed by atoms with Gasteiger partial charge >= 0.3 is 0 Å². The fourth-order valence-corrected chi connectivity index (χ4v) is 3.09.